The molecule has 68 valence electrons. The molecule has 1 rings (SSSR count). The van der Waals surface area contributed by atoms with Crippen LogP contribution >= 0.6 is 23.2 Å². The number of carbonyl (C=O) groups is 1. The fourth-order valence-corrected chi connectivity index (χ4v) is 1.18. The largest absolute Gasteiger partial charge is 0.431 e. The highest BCUT2D eigenvalue weighted by atomic mass is 35.5. The van der Waals surface area contributed by atoms with E-state index in [0.29, 0.717) is 5.02 Å². The molecule has 0 saturated heterocycles. The minimum atomic E-state index is -0.567. The minimum Gasteiger partial charge on any atom is -0.431 e. The van der Waals surface area contributed by atoms with Crippen molar-refractivity contribution < 1.29 is 9.53 Å². The second kappa shape index (κ2) is 4.30. The lowest BCUT2D eigenvalue weighted by Crippen LogP contribution is -2.01. The van der Waals surface area contributed by atoms with Gasteiger partial charge < -0.3 is 4.74 Å². The van der Waals surface area contributed by atoms with Crippen LogP contribution in [0.5, 0.6) is 0 Å². The third-order valence-corrected chi connectivity index (χ3v) is 2.18. The maximum atomic E-state index is 11.2. The van der Waals surface area contributed by atoms with Crippen molar-refractivity contribution >= 4 is 29.2 Å². The third-order valence-electron chi connectivity index (χ3n) is 1.36. The summed E-state index contributed by atoms with van der Waals surface area (Å²) in [5.74, 6) is -0.567. The summed E-state index contributed by atoms with van der Waals surface area (Å²) >= 11 is 11.4. The molecule has 0 aromatic heterocycles. The van der Waals surface area contributed by atoms with E-state index in [2.05, 4.69) is 11.3 Å². The zero-order valence-electron chi connectivity index (χ0n) is 6.59. The summed E-state index contributed by atoms with van der Waals surface area (Å²) in [5.41, 5.74) is 0.231. The van der Waals surface area contributed by atoms with E-state index in [1.54, 1.807) is 12.1 Å². The van der Waals surface area contributed by atoms with Crippen LogP contribution in [0.4, 0.5) is 0 Å². The Bertz CT molecular complexity index is 347. The molecule has 1 aromatic carbocycles. The number of halogens is 2. The number of rotatable bonds is 2. The lowest BCUT2D eigenvalue weighted by Gasteiger charge is -2.02. The normalized spacial score (nSPS) is 9.38. The zero-order chi connectivity index (χ0) is 9.84. The first-order chi connectivity index (χ1) is 6.16. The van der Waals surface area contributed by atoms with E-state index in [-0.39, 0.29) is 10.6 Å². The molecule has 0 aliphatic heterocycles. The lowest BCUT2D eigenvalue weighted by atomic mass is 10.2. The predicted molar refractivity (Wildman–Crippen MR) is 52.1 cm³/mol. The molecule has 0 unspecified atom stereocenters. The molecule has 0 radical (unpaired) electrons. The number of hydrogen-bond acceptors (Lipinski definition) is 2. The van der Waals surface area contributed by atoms with Crippen LogP contribution in [0.15, 0.2) is 31.0 Å². The van der Waals surface area contributed by atoms with Gasteiger partial charge in [-0.15, -0.1) is 0 Å². The number of hydrogen-bond donors (Lipinski definition) is 0. The summed E-state index contributed by atoms with van der Waals surface area (Å²) in [6.07, 6.45) is 1.04. The van der Waals surface area contributed by atoms with E-state index in [9.17, 15) is 4.79 Å². The molecule has 13 heavy (non-hydrogen) atoms. The van der Waals surface area contributed by atoms with Crippen molar-refractivity contribution in [1.29, 1.82) is 0 Å². The van der Waals surface area contributed by atoms with Crippen molar-refractivity contribution in [1.82, 2.24) is 0 Å². The number of esters is 1. The molecule has 0 aliphatic carbocycles. The quantitative estimate of drug-likeness (QED) is 0.561. The zero-order valence-corrected chi connectivity index (χ0v) is 8.10. The average Bonchev–Trinajstić information content (AvgIpc) is 2.10. The van der Waals surface area contributed by atoms with Crippen molar-refractivity contribution in [2.24, 2.45) is 0 Å². The first-order valence-electron chi connectivity index (χ1n) is 3.42. The van der Waals surface area contributed by atoms with Gasteiger partial charge in [-0.3, -0.25) is 0 Å². The molecule has 2 nitrogen and oxygen atoms in total. The standard InChI is InChI=1S/C9H6Cl2O2/c1-2-13-9(12)6-4-3-5-7(10)8(6)11/h2-5H,1H2. The topological polar surface area (TPSA) is 26.3 Å². The lowest BCUT2D eigenvalue weighted by molar-refractivity contribution is 0.0664. The van der Waals surface area contributed by atoms with Gasteiger partial charge in [0.1, 0.15) is 0 Å². The van der Waals surface area contributed by atoms with Crippen LogP contribution in [0.3, 0.4) is 0 Å². The van der Waals surface area contributed by atoms with Crippen LogP contribution in [0, 0.1) is 0 Å². The molecule has 0 spiro atoms. The first kappa shape index (κ1) is 10.1. The molecule has 0 bridgehead atoms. The van der Waals surface area contributed by atoms with Crippen molar-refractivity contribution in [3.8, 4) is 0 Å². The van der Waals surface area contributed by atoms with E-state index in [1.807, 2.05) is 0 Å². The molecule has 1 aromatic rings. The van der Waals surface area contributed by atoms with Crippen molar-refractivity contribution in [3.05, 3.63) is 46.6 Å². The maximum Gasteiger partial charge on any atom is 0.344 e. The SMILES string of the molecule is C=COC(=O)c1cccc(Cl)c1Cl. The van der Waals surface area contributed by atoms with Crippen molar-refractivity contribution in [3.63, 3.8) is 0 Å². The van der Waals surface area contributed by atoms with Gasteiger partial charge in [0.15, 0.2) is 0 Å². The fraction of sp³-hybridized carbons (Fsp3) is 0. The van der Waals surface area contributed by atoms with Gasteiger partial charge in [-0.1, -0.05) is 35.8 Å². The average molecular weight is 217 g/mol. The van der Waals surface area contributed by atoms with Gasteiger partial charge in [-0.25, -0.2) is 4.79 Å². The third kappa shape index (κ3) is 2.23. The highest BCUT2D eigenvalue weighted by molar-refractivity contribution is 6.43. The Labute approximate surface area is 85.7 Å². The number of benzene rings is 1. The van der Waals surface area contributed by atoms with Gasteiger partial charge >= 0.3 is 5.97 Å². The van der Waals surface area contributed by atoms with Crippen LogP contribution in [-0.4, -0.2) is 5.97 Å². The van der Waals surface area contributed by atoms with Gasteiger partial charge in [0, 0.05) is 0 Å². The van der Waals surface area contributed by atoms with Crippen molar-refractivity contribution in [2.75, 3.05) is 0 Å². The van der Waals surface area contributed by atoms with Crippen LogP contribution in [0.1, 0.15) is 10.4 Å². The summed E-state index contributed by atoms with van der Waals surface area (Å²) in [4.78, 5) is 11.2. The smallest absolute Gasteiger partial charge is 0.344 e. The summed E-state index contributed by atoms with van der Waals surface area (Å²) in [6, 6.07) is 4.74. The van der Waals surface area contributed by atoms with E-state index in [4.69, 9.17) is 23.2 Å². The molecule has 0 aliphatic rings. The van der Waals surface area contributed by atoms with Gasteiger partial charge in [-0.05, 0) is 12.1 Å². The van der Waals surface area contributed by atoms with E-state index in [1.165, 1.54) is 6.07 Å². The Morgan fingerprint density at radius 2 is 2.15 bits per heavy atom. The molecule has 0 N–H and O–H groups in total. The number of carbonyl (C=O) groups excluding carboxylic acids is 1. The summed E-state index contributed by atoms with van der Waals surface area (Å²) in [7, 11) is 0. The highest BCUT2D eigenvalue weighted by Crippen LogP contribution is 2.25. The minimum absolute atomic E-state index is 0.191. The Morgan fingerprint density at radius 3 is 2.77 bits per heavy atom. The highest BCUT2D eigenvalue weighted by Gasteiger charge is 2.12. The van der Waals surface area contributed by atoms with Crippen LogP contribution in [-0.2, 0) is 4.74 Å². The predicted octanol–water partition coefficient (Wildman–Crippen LogP) is 3.29. The summed E-state index contributed by atoms with van der Waals surface area (Å²) < 4.78 is 4.55. The molecule has 0 fully saturated rings. The van der Waals surface area contributed by atoms with E-state index >= 15 is 0 Å². The first-order valence-corrected chi connectivity index (χ1v) is 4.18. The van der Waals surface area contributed by atoms with Gasteiger partial charge in [0.25, 0.3) is 0 Å². The van der Waals surface area contributed by atoms with E-state index in [0.717, 1.165) is 6.26 Å². The molecular weight excluding hydrogens is 211 g/mol. The van der Waals surface area contributed by atoms with Crippen molar-refractivity contribution in [2.45, 2.75) is 0 Å². The maximum absolute atomic E-state index is 11.2. The Kier molecular flexibility index (Phi) is 3.34. The molecule has 0 atom stereocenters. The Balaban J connectivity index is 3.07. The fourth-order valence-electron chi connectivity index (χ4n) is 0.801. The summed E-state index contributed by atoms with van der Waals surface area (Å²) in [5, 5.41) is 0.510. The van der Waals surface area contributed by atoms with Gasteiger partial charge in [0.05, 0.1) is 21.9 Å². The Hall–Kier alpha value is -0.990. The van der Waals surface area contributed by atoms with Crippen LogP contribution < -0.4 is 0 Å². The molecular formula is C9H6Cl2O2. The number of ether oxygens (including phenoxy) is 1. The second-order valence-electron chi connectivity index (χ2n) is 2.17. The molecule has 4 heteroatoms. The van der Waals surface area contributed by atoms with Gasteiger partial charge in [0.2, 0.25) is 0 Å². The van der Waals surface area contributed by atoms with Crippen LogP contribution in [0.25, 0.3) is 0 Å². The van der Waals surface area contributed by atoms with Gasteiger partial charge in [-0.2, -0.15) is 0 Å². The summed E-state index contributed by atoms with van der Waals surface area (Å²) in [6.45, 7) is 3.26. The second-order valence-corrected chi connectivity index (χ2v) is 2.96. The molecule has 0 heterocycles. The Morgan fingerprint density at radius 1 is 1.46 bits per heavy atom. The monoisotopic (exact) mass is 216 g/mol. The molecule has 0 saturated carbocycles. The molecule has 0 amide bonds. The van der Waals surface area contributed by atoms with Crippen LogP contribution in [0.2, 0.25) is 10.0 Å². The van der Waals surface area contributed by atoms with E-state index < -0.39 is 5.97 Å².